The Kier molecular flexibility index (Phi) is 9.73. The molecule has 5 rings (SSSR count). The minimum atomic E-state index is -3.86. The minimum Gasteiger partial charge on any atom is -0.497 e. The molecule has 1 aromatic carbocycles. The van der Waals surface area contributed by atoms with Crippen molar-refractivity contribution in [1.29, 1.82) is 0 Å². The smallest absolute Gasteiger partial charge is 0.248 e. The molecule has 1 saturated heterocycles. The van der Waals surface area contributed by atoms with Crippen LogP contribution in [0.15, 0.2) is 59.9 Å². The van der Waals surface area contributed by atoms with E-state index in [2.05, 4.69) is 19.8 Å². The van der Waals surface area contributed by atoms with E-state index in [9.17, 15) is 13.2 Å². The Bertz CT molecular complexity index is 1480. The van der Waals surface area contributed by atoms with E-state index in [0.717, 1.165) is 38.0 Å². The third kappa shape index (κ3) is 6.89. The highest BCUT2D eigenvalue weighted by Crippen LogP contribution is 2.35. The van der Waals surface area contributed by atoms with Gasteiger partial charge in [-0.15, -0.1) is 0 Å². The number of piperidine rings is 1. The van der Waals surface area contributed by atoms with Gasteiger partial charge in [-0.2, -0.15) is 4.31 Å². The van der Waals surface area contributed by atoms with E-state index in [4.69, 9.17) is 9.47 Å². The number of anilines is 1. The molecule has 3 aromatic rings. The second kappa shape index (κ2) is 13.5. The molecule has 0 bridgehead atoms. The monoisotopic (exact) mass is 609 g/mol. The SMILES string of the molecule is COc1cc(C)c(S(=O)(=O)N2CCn3cccc3C2COC(C)C(=O)NCCC2CCN(c3ccncc3)CC2)c(C)c1. The number of hydrogen-bond acceptors (Lipinski definition) is 7. The van der Waals surface area contributed by atoms with Crippen LogP contribution in [0.3, 0.4) is 0 Å². The molecule has 0 saturated carbocycles. The van der Waals surface area contributed by atoms with Gasteiger partial charge in [0.1, 0.15) is 11.9 Å². The number of hydrogen-bond donors (Lipinski definition) is 1. The molecule has 0 spiro atoms. The van der Waals surface area contributed by atoms with Crippen LogP contribution in [0.1, 0.15) is 49.0 Å². The second-order valence-electron chi connectivity index (χ2n) is 11.5. The summed E-state index contributed by atoms with van der Waals surface area (Å²) in [4.78, 5) is 19.7. The highest BCUT2D eigenvalue weighted by Gasteiger charge is 2.39. The predicted molar refractivity (Wildman–Crippen MR) is 166 cm³/mol. The molecular formula is C32H43N5O5S. The number of pyridine rings is 1. The Morgan fingerprint density at radius 3 is 2.44 bits per heavy atom. The number of sulfonamides is 1. The average molecular weight is 610 g/mol. The van der Waals surface area contributed by atoms with Crippen molar-refractivity contribution < 1.29 is 22.7 Å². The normalized spacial score (nSPS) is 18.7. The zero-order valence-corrected chi connectivity index (χ0v) is 26.3. The molecule has 10 nitrogen and oxygen atoms in total. The van der Waals surface area contributed by atoms with Crippen molar-refractivity contribution in [1.82, 2.24) is 19.2 Å². The maximum Gasteiger partial charge on any atom is 0.248 e. The molecule has 2 unspecified atom stereocenters. The van der Waals surface area contributed by atoms with E-state index in [-0.39, 0.29) is 17.4 Å². The van der Waals surface area contributed by atoms with Crippen LogP contribution < -0.4 is 15.0 Å². The Morgan fingerprint density at radius 1 is 1.07 bits per heavy atom. The molecule has 2 aliphatic heterocycles. The number of ether oxygens (including phenoxy) is 2. The molecule has 0 radical (unpaired) electrons. The molecule has 0 aliphatic carbocycles. The van der Waals surface area contributed by atoms with Gasteiger partial charge >= 0.3 is 0 Å². The van der Waals surface area contributed by atoms with E-state index in [1.807, 2.05) is 42.9 Å². The van der Waals surface area contributed by atoms with Crippen molar-refractivity contribution in [2.45, 2.75) is 63.6 Å². The first-order valence-corrected chi connectivity index (χ1v) is 16.5. The lowest BCUT2D eigenvalue weighted by molar-refractivity contribution is -0.132. The number of benzene rings is 1. The van der Waals surface area contributed by atoms with Gasteiger partial charge in [0, 0.05) is 62.7 Å². The largest absolute Gasteiger partial charge is 0.497 e. The summed E-state index contributed by atoms with van der Waals surface area (Å²) < 4.78 is 43.1. The van der Waals surface area contributed by atoms with Crippen LogP contribution in [0.5, 0.6) is 5.75 Å². The van der Waals surface area contributed by atoms with Gasteiger partial charge in [-0.05, 0) is 93.5 Å². The lowest BCUT2D eigenvalue weighted by Crippen LogP contribution is -2.45. The molecule has 1 amide bonds. The van der Waals surface area contributed by atoms with E-state index >= 15 is 0 Å². The number of methoxy groups -OCH3 is 1. The van der Waals surface area contributed by atoms with E-state index < -0.39 is 22.2 Å². The number of carbonyl (C=O) groups excluding carboxylic acids is 1. The third-order valence-corrected chi connectivity index (χ3v) is 10.9. The summed E-state index contributed by atoms with van der Waals surface area (Å²) in [5.41, 5.74) is 3.32. The van der Waals surface area contributed by atoms with E-state index in [0.29, 0.717) is 42.4 Å². The van der Waals surface area contributed by atoms with Gasteiger partial charge < -0.3 is 24.3 Å². The van der Waals surface area contributed by atoms with Crippen molar-refractivity contribution in [3.8, 4) is 5.75 Å². The first-order chi connectivity index (χ1) is 20.7. The van der Waals surface area contributed by atoms with Gasteiger partial charge in [0.2, 0.25) is 15.9 Å². The van der Waals surface area contributed by atoms with Crippen molar-refractivity contribution in [3.63, 3.8) is 0 Å². The van der Waals surface area contributed by atoms with Crippen LogP contribution in [0.2, 0.25) is 0 Å². The van der Waals surface area contributed by atoms with Gasteiger partial charge in [0.15, 0.2) is 0 Å². The van der Waals surface area contributed by atoms with E-state index in [1.54, 1.807) is 40.0 Å². The average Bonchev–Trinajstić information content (AvgIpc) is 3.49. The van der Waals surface area contributed by atoms with Crippen molar-refractivity contribution in [2.24, 2.45) is 5.92 Å². The Hall–Kier alpha value is -3.41. The second-order valence-corrected chi connectivity index (χ2v) is 13.4. The van der Waals surface area contributed by atoms with Crippen LogP contribution in [-0.4, -0.2) is 74.2 Å². The quantitative estimate of drug-likeness (QED) is 0.349. The molecule has 43 heavy (non-hydrogen) atoms. The van der Waals surface area contributed by atoms with Gasteiger partial charge in [-0.3, -0.25) is 9.78 Å². The highest BCUT2D eigenvalue weighted by molar-refractivity contribution is 7.89. The fourth-order valence-corrected chi connectivity index (χ4v) is 8.33. The minimum absolute atomic E-state index is 0.0690. The summed E-state index contributed by atoms with van der Waals surface area (Å²) in [7, 11) is -2.29. The van der Waals surface area contributed by atoms with Gasteiger partial charge in [-0.1, -0.05) is 0 Å². The van der Waals surface area contributed by atoms with Crippen LogP contribution in [0, 0.1) is 19.8 Å². The fraction of sp³-hybridized carbons (Fsp3) is 0.500. The number of aromatic nitrogens is 2. The number of aryl methyl sites for hydroxylation is 2. The maximum absolute atomic E-state index is 14.1. The predicted octanol–water partition coefficient (Wildman–Crippen LogP) is 4.08. The Morgan fingerprint density at radius 2 is 1.77 bits per heavy atom. The summed E-state index contributed by atoms with van der Waals surface area (Å²) in [6.45, 7) is 8.82. The van der Waals surface area contributed by atoms with Gasteiger partial charge in [0.25, 0.3) is 0 Å². The molecule has 11 heteroatoms. The molecular weight excluding hydrogens is 566 g/mol. The van der Waals surface area contributed by atoms with Crippen molar-refractivity contribution in [3.05, 3.63) is 71.8 Å². The molecule has 1 N–H and O–H groups in total. The summed E-state index contributed by atoms with van der Waals surface area (Å²) in [5, 5.41) is 3.03. The first-order valence-electron chi connectivity index (χ1n) is 15.1. The fourth-order valence-electron chi connectivity index (χ4n) is 6.34. The molecule has 1 fully saturated rings. The molecule has 2 atom stereocenters. The number of nitrogens with one attached hydrogen (secondary N) is 1. The summed E-state index contributed by atoms with van der Waals surface area (Å²) in [6, 6.07) is 10.9. The Labute approximate surface area is 255 Å². The lowest BCUT2D eigenvalue weighted by Gasteiger charge is -2.37. The third-order valence-electron chi connectivity index (χ3n) is 8.72. The summed E-state index contributed by atoms with van der Waals surface area (Å²) in [5.74, 6) is 1.00. The number of fused-ring (bicyclic) bond motifs is 1. The van der Waals surface area contributed by atoms with Crippen LogP contribution in [0.25, 0.3) is 0 Å². The molecule has 2 aromatic heterocycles. The number of carbonyl (C=O) groups is 1. The highest BCUT2D eigenvalue weighted by atomic mass is 32.2. The van der Waals surface area contributed by atoms with Crippen LogP contribution in [-0.2, 0) is 26.1 Å². The number of amides is 1. The standard InChI is InChI=1S/C32H43N5O5S/c1-23-20-28(41-4)21-24(2)31(23)43(39,40)37-19-18-36-15-5-6-29(36)30(37)22-42-25(3)32(38)34-14-7-26-10-16-35(17-11-26)27-8-12-33-13-9-27/h5-6,8-9,12-13,15,20-21,25-26,30H,7,10-11,14,16-19,22H2,1-4H3,(H,34,38). The molecule has 4 heterocycles. The first kappa shape index (κ1) is 31.0. The van der Waals surface area contributed by atoms with E-state index in [1.165, 1.54) is 9.99 Å². The number of nitrogens with zero attached hydrogens (tertiary/aromatic N) is 4. The summed E-state index contributed by atoms with van der Waals surface area (Å²) in [6.07, 6.45) is 7.98. The van der Waals surface area contributed by atoms with Crippen LogP contribution >= 0.6 is 0 Å². The molecule has 232 valence electrons. The molecule has 2 aliphatic rings. The van der Waals surface area contributed by atoms with Gasteiger partial charge in [0.05, 0.1) is 24.7 Å². The van der Waals surface area contributed by atoms with Gasteiger partial charge in [-0.25, -0.2) is 8.42 Å². The zero-order valence-electron chi connectivity index (χ0n) is 25.5. The van der Waals surface area contributed by atoms with Crippen molar-refractivity contribution >= 4 is 21.6 Å². The lowest BCUT2D eigenvalue weighted by atomic mass is 9.93. The maximum atomic E-state index is 14.1. The number of rotatable bonds is 11. The van der Waals surface area contributed by atoms with Crippen LogP contribution in [0.4, 0.5) is 5.69 Å². The zero-order chi connectivity index (χ0) is 30.6. The Balaban J connectivity index is 1.17. The topological polar surface area (TPSA) is 106 Å². The van der Waals surface area contributed by atoms with Crippen molar-refractivity contribution in [2.75, 3.05) is 44.8 Å². The summed E-state index contributed by atoms with van der Waals surface area (Å²) >= 11 is 0.